The van der Waals surface area contributed by atoms with Crippen LogP contribution in [0, 0.1) is 5.92 Å². The largest absolute Gasteiger partial charge is 0.480 e. The van der Waals surface area contributed by atoms with Crippen LogP contribution in [0.15, 0.2) is 0 Å². The van der Waals surface area contributed by atoms with Gasteiger partial charge in [0.1, 0.15) is 6.04 Å². The first kappa shape index (κ1) is 12.0. The molecule has 0 saturated heterocycles. The lowest BCUT2D eigenvalue weighted by Crippen LogP contribution is -2.30. The second kappa shape index (κ2) is 5.70. The fraction of sp³-hybridized carbons (Fsp3) is 0.800. The van der Waals surface area contributed by atoms with Crippen molar-refractivity contribution in [1.29, 1.82) is 0 Å². The summed E-state index contributed by atoms with van der Waals surface area (Å²) in [7, 11) is 0. The molecule has 1 amide bonds. The fourth-order valence-electron chi connectivity index (χ4n) is 1.31. The third-order valence-corrected chi connectivity index (χ3v) is 2.51. The molecule has 1 aliphatic carbocycles. The summed E-state index contributed by atoms with van der Waals surface area (Å²) >= 11 is 0. The summed E-state index contributed by atoms with van der Waals surface area (Å²) in [5, 5.41) is 11.3. The first-order valence-electron chi connectivity index (χ1n) is 5.37. The molecule has 86 valence electrons. The van der Waals surface area contributed by atoms with E-state index in [1.165, 1.54) is 0 Å². The standard InChI is InChI=1S/C10H18N2O3/c11-8(10(14)15)3-1-2-6-12-9(13)7-4-5-7/h7-8H,1-6,11H2,(H,12,13)(H,14,15)/t8-/m0/s1. The number of nitrogens with two attached hydrogens (primary N) is 1. The highest BCUT2D eigenvalue weighted by atomic mass is 16.4. The minimum Gasteiger partial charge on any atom is -0.480 e. The molecule has 0 unspecified atom stereocenters. The molecule has 0 heterocycles. The van der Waals surface area contributed by atoms with E-state index < -0.39 is 12.0 Å². The van der Waals surface area contributed by atoms with E-state index in [1.807, 2.05) is 0 Å². The van der Waals surface area contributed by atoms with Crippen LogP contribution < -0.4 is 11.1 Å². The van der Waals surface area contributed by atoms with Gasteiger partial charge in [0.25, 0.3) is 0 Å². The number of aliphatic carboxylic acids is 1. The highest BCUT2D eigenvalue weighted by molar-refractivity contribution is 5.80. The molecule has 0 bridgehead atoms. The lowest BCUT2D eigenvalue weighted by Gasteiger charge is -2.06. The van der Waals surface area contributed by atoms with Gasteiger partial charge < -0.3 is 16.2 Å². The quantitative estimate of drug-likeness (QED) is 0.524. The Morgan fingerprint density at radius 2 is 2.07 bits per heavy atom. The molecule has 0 spiro atoms. The van der Waals surface area contributed by atoms with Crippen LogP contribution in [0.4, 0.5) is 0 Å². The maximum absolute atomic E-state index is 11.2. The summed E-state index contributed by atoms with van der Waals surface area (Å²) in [5.41, 5.74) is 5.33. The molecule has 0 radical (unpaired) electrons. The molecule has 5 heteroatoms. The first-order chi connectivity index (χ1) is 7.11. The lowest BCUT2D eigenvalue weighted by molar-refractivity contribution is -0.138. The molecular weight excluding hydrogens is 196 g/mol. The van der Waals surface area contributed by atoms with Crippen molar-refractivity contribution in [2.75, 3.05) is 6.54 Å². The van der Waals surface area contributed by atoms with E-state index in [9.17, 15) is 9.59 Å². The minimum atomic E-state index is -0.961. The number of carbonyl (C=O) groups excluding carboxylic acids is 1. The molecule has 4 N–H and O–H groups in total. The topological polar surface area (TPSA) is 92.4 Å². The van der Waals surface area contributed by atoms with Crippen molar-refractivity contribution in [2.45, 2.75) is 38.1 Å². The summed E-state index contributed by atoms with van der Waals surface area (Å²) in [5.74, 6) is -0.583. The Morgan fingerprint density at radius 1 is 1.40 bits per heavy atom. The van der Waals surface area contributed by atoms with Crippen LogP contribution in [0.25, 0.3) is 0 Å². The van der Waals surface area contributed by atoms with Gasteiger partial charge in [-0.2, -0.15) is 0 Å². The first-order valence-corrected chi connectivity index (χ1v) is 5.37. The monoisotopic (exact) mass is 214 g/mol. The third kappa shape index (κ3) is 4.78. The zero-order chi connectivity index (χ0) is 11.3. The Bertz CT molecular complexity index is 239. The van der Waals surface area contributed by atoms with Gasteiger partial charge in [-0.1, -0.05) is 0 Å². The van der Waals surface area contributed by atoms with Crippen LogP contribution in [0.1, 0.15) is 32.1 Å². The molecule has 0 aromatic carbocycles. The number of carboxylic acid groups (broad SMARTS) is 1. The van der Waals surface area contributed by atoms with E-state index in [0.29, 0.717) is 13.0 Å². The predicted octanol–water partition coefficient (Wildman–Crippen LogP) is 0.0948. The van der Waals surface area contributed by atoms with Gasteiger partial charge in [-0.3, -0.25) is 9.59 Å². The Balaban J connectivity index is 1.92. The lowest BCUT2D eigenvalue weighted by atomic mass is 10.1. The Kier molecular flexibility index (Phi) is 4.55. The number of carboxylic acids is 1. The van der Waals surface area contributed by atoms with Crippen molar-refractivity contribution in [3.63, 3.8) is 0 Å². The van der Waals surface area contributed by atoms with Gasteiger partial charge in [-0.25, -0.2) is 0 Å². The third-order valence-electron chi connectivity index (χ3n) is 2.51. The average Bonchev–Trinajstić information content (AvgIpc) is 2.99. The number of nitrogens with one attached hydrogen (secondary N) is 1. The molecule has 1 rings (SSSR count). The van der Waals surface area contributed by atoms with Crippen molar-refractivity contribution in [1.82, 2.24) is 5.32 Å². The minimum absolute atomic E-state index is 0.137. The van der Waals surface area contributed by atoms with Crippen LogP contribution in [0.3, 0.4) is 0 Å². The Morgan fingerprint density at radius 3 is 2.60 bits per heavy atom. The second-order valence-electron chi connectivity index (χ2n) is 4.01. The molecular formula is C10H18N2O3. The van der Waals surface area contributed by atoms with Gasteiger partial charge in [0.15, 0.2) is 0 Å². The number of carbonyl (C=O) groups is 2. The molecule has 15 heavy (non-hydrogen) atoms. The van der Waals surface area contributed by atoms with Crippen molar-refractivity contribution in [3.8, 4) is 0 Å². The van der Waals surface area contributed by atoms with E-state index in [-0.39, 0.29) is 11.8 Å². The van der Waals surface area contributed by atoms with E-state index in [4.69, 9.17) is 10.8 Å². The Hall–Kier alpha value is -1.10. The van der Waals surface area contributed by atoms with Gasteiger partial charge in [0.2, 0.25) is 5.91 Å². The van der Waals surface area contributed by atoms with Crippen molar-refractivity contribution >= 4 is 11.9 Å². The summed E-state index contributed by atoms with van der Waals surface area (Å²) in [6.45, 7) is 0.627. The van der Waals surface area contributed by atoms with Gasteiger partial charge in [0.05, 0.1) is 0 Å². The average molecular weight is 214 g/mol. The number of amides is 1. The highest BCUT2D eigenvalue weighted by Crippen LogP contribution is 2.28. The van der Waals surface area contributed by atoms with Gasteiger partial charge in [-0.15, -0.1) is 0 Å². The maximum Gasteiger partial charge on any atom is 0.320 e. The van der Waals surface area contributed by atoms with E-state index in [1.54, 1.807) is 0 Å². The zero-order valence-electron chi connectivity index (χ0n) is 8.74. The molecule has 1 aliphatic rings. The van der Waals surface area contributed by atoms with Crippen LogP contribution in [-0.4, -0.2) is 29.6 Å². The molecule has 1 fully saturated rings. The van der Waals surface area contributed by atoms with Crippen LogP contribution >= 0.6 is 0 Å². The van der Waals surface area contributed by atoms with Crippen molar-refractivity contribution < 1.29 is 14.7 Å². The number of hydrogen-bond acceptors (Lipinski definition) is 3. The van der Waals surface area contributed by atoms with Crippen molar-refractivity contribution in [3.05, 3.63) is 0 Å². The van der Waals surface area contributed by atoms with Gasteiger partial charge >= 0.3 is 5.97 Å². The van der Waals surface area contributed by atoms with E-state index in [0.717, 1.165) is 25.7 Å². The smallest absolute Gasteiger partial charge is 0.320 e. The maximum atomic E-state index is 11.2. The van der Waals surface area contributed by atoms with E-state index >= 15 is 0 Å². The summed E-state index contributed by atoms with van der Waals surface area (Å²) in [6.07, 6.45) is 4.01. The summed E-state index contributed by atoms with van der Waals surface area (Å²) < 4.78 is 0. The molecule has 1 saturated carbocycles. The molecule has 5 nitrogen and oxygen atoms in total. The predicted molar refractivity (Wildman–Crippen MR) is 55.2 cm³/mol. The zero-order valence-corrected chi connectivity index (χ0v) is 8.74. The molecule has 0 aliphatic heterocycles. The normalized spacial score (nSPS) is 17.1. The summed E-state index contributed by atoms with van der Waals surface area (Å²) in [6, 6.07) is -0.774. The number of rotatable bonds is 7. The number of unbranched alkanes of at least 4 members (excludes halogenated alkanes) is 1. The number of hydrogen-bond donors (Lipinski definition) is 3. The fourth-order valence-corrected chi connectivity index (χ4v) is 1.31. The van der Waals surface area contributed by atoms with Crippen LogP contribution in [0.5, 0.6) is 0 Å². The van der Waals surface area contributed by atoms with E-state index in [2.05, 4.69) is 5.32 Å². The van der Waals surface area contributed by atoms with Crippen LogP contribution in [-0.2, 0) is 9.59 Å². The second-order valence-corrected chi connectivity index (χ2v) is 4.01. The summed E-state index contributed by atoms with van der Waals surface area (Å²) in [4.78, 5) is 21.6. The molecule has 0 aromatic heterocycles. The van der Waals surface area contributed by atoms with Crippen LogP contribution in [0.2, 0.25) is 0 Å². The molecule has 0 aromatic rings. The van der Waals surface area contributed by atoms with Gasteiger partial charge in [-0.05, 0) is 32.1 Å². The van der Waals surface area contributed by atoms with Crippen molar-refractivity contribution in [2.24, 2.45) is 11.7 Å². The highest BCUT2D eigenvalue weighted by Gasteiger charge is 2.28. The van der Waals surface area contributed by atoms with Gasteiger partial charge in [0, 0.05) is 12.5 Å². The Labute approximate surface area is 89.0 Å². The SMILES string of the molecule is N[C@@H](CCCCNC(=O)C1CC1)C(=O)O. The molecule has 1 atom stereocenters.